The largest absolute Gasteiger partial charge is 0.348 e. The molecule has 1 aromatic heterocycles. The molecule has 1 N–H and O–H groups in total. The lowest BCUT2D eigenvalue weighted by molar-refractivity contribution is 0.0943. The third-order valence-electron chi connectivity index (χ3n) is 2.47. The van der Waals surface area contributed by atoms with E-state index in [1.54, 1.807) is 17.1 Å². The Balaban J connectivity index is 2.13. The van der Waals surface area contributed by atoms with Crippen LogP contribution in [0.25, 0.3) is 5.69 Å². The molecule has 0 aliphatic rings. The van der Waals surface area contributed by atoms with Gasteiger partial charge >= 0.3 is 0 Å². The molecule has 0 spiro atoms. The number of hydrogen-bond acceptors (Lipinski definition) is 2. The van der Waals surface area contributed by atoms with Crippen molar-refractivity contribution in [3.63, 3.8) is 0 Å². The molecule has 1 unspecified atom stereocenters. The first-order chi connectivity index (χ1) is 8.70. The Kier molecular flexibility index (Phi) is 3.99. The Morgan fingerprint density at radius 2 is 2.17 bits per heavy atom. The van der Waals surface area contributed by atoms with E-state index in [-0.39, 0.29) is 11.9 Å². The van der Waals surface area contributed by atoms with Crippen molar-refractivity contribution in [2.75, 3.05) is 5.88 Å². The van der Waals surface area contributed by atoms with E-state index in [2.05, 4.69) is 10.4 Å². The number of amides is 1. The van der Waals surface area contributed by atoms with E-state index in [0.29, 0.717) is 11.4 Å². The summed E-state index contributed by atoms with van der Waals surface area (Å²) in [6.45, 7) is 1.85. The maximum Gasteiger partial charge on any atom is 0.254 e. The maximum atomic E-state index is 11.8. The molecule has 0 aliphatic heterocycles. The quantitative estimate of drug-likeness (QED) is 0.860. The van der Waals surface area contributed by atoms with Crippen LogP contribution >= 0.6 is 11.6 Å². The van der Waals surface area contributed by atoms with Crippen LogP contribution in [0.3, 0.4) is 0 Å². The summed E-state index contributed by atoms with van der Waals surface area (Å²) in [5.74, 6) is 0.226. The number of nitrogens with one attached hydrogen (secondary N) is 1. The second kappa shape index (κ2) is 5.69. The standard InChI is InChI=1S/C13H14ClN3O/c1-10(7-14)16-13(18)11-8-15-17(9-11)12-5-3-2-4-6-12/h2-6,8-10H,7H2,1H3,(H,16,18). The zero-order chi connectivity index (χ0) is 13.0. The van der Waals surface area contributed by atoms with E-state index < -0.39 is 0 Å². The number of carbonyl (C=O) groups is 1. The van der Waals surface area contributed by atoms with Gasteiger partial charge in [0.25, 0.3) is 5.91 Å². The number of hydrogen-bond donors (Lipinski definition) is 1. The van der Waals surface area contributed by atoms with Crippen molar-refractivity contribution in [1.82, 2.24) is 15.1 Å². The van der Waals surface area contributed by atoms with E-state index >= 15 is 0 Å². The summed E-state index contributed by atoms with van der Waals surface area (Å²) < 4.78 is 1.67. The molecular weight excluding hydrogens is 250 g/mol. The van der Waals surface area contributed by atoms with Crippen molar-refractivity contribution >= 4 is 17.5 Å². The summed E-state index contributed by atoms with van der Waals surface area (Å²) in [7, 11) is 0. The Labute approximate surface area is 111 Å². The predicted octanol–water partition coefficient (Wildman–Crippen LogP) is 2.23. The Morgan fingerprint density at radius 3 is 2.83 bits per heavy atom. The predicted molar refractivity (Wildman–Crippen MR) is 71.2 cm³/mol. The molecule has 1 amide bonds. The van der Waals surface area contributed by atoms with Crippen molar-refractivity contribution in [2.45, 2.75) is 13.0 Å². The van der Waals surface area contributed by atoms with Gasteiger partial charge in [0, 0.05) is 18.1 Å². The van der Waals surface area contributed by atoms with E-state index in [9.17, 15) is 4.79 Å². The van der Waals surface area contributed by atoms with Crippen LogP contribution < -0.4 is 5.32 Å². The van der Waals surface area contributed by atoms with Gasteiger partial charge in [-0.3, -0.25) is 4.79 Å². The topological polar surface area (TPSA) is 46.9 Å². The minimum Gasteiger partial charge on any atom is -0.348 e. The molecule has 0 bridgehead atoms. The van der Waals surface area contributed by atoms with Gasteiger partial charge in [0.15, 0.2) is 0 Å². The summed E-state index contributed by atoms with van der Waals surface area (Å²) in [6, 6.07) is 9.58. The highest BCUT2D eigenvalue weighted by molar-refractivity contribution is 6.18. The van der Waals surface area contributed by atoms with Crippen LogP contribution in [-0.2, 0) is 0 Å². The van der Waals surface area contributed by atoms with Gasteiger partial charge in [0.1, 0.15) is 0 Å². The lowest BCUT2D eigenvalue weighted by Gasteiger charge is -2.08. The highest BCUT2D eigenvalue weighted by Crippen LogP contribution is 2.07. The first kappa shape index (κ1) is 12.6. The van der Waals surface area contributed by atoms with Gasteiger partial charge in [-0.2, -0.15) is 5.10 Å². The highest BCUT2D eigenvalue weighted by atomic mass is 35.5. The summed E-state index contributed by atoms with van der Waals surface area (Å²) in [5, 5.41) is 6.95. The SMILES string of the molecule is CC(CCl)NC(=O)c1cnn(-c2ccccc2)c1. The van der Waals surface area contributed by atoms with Gasteiger partial charge < -0.3 is 5.32 Å². The van der Waals surface area contributed by atoms with Crippen molar-refractivity contribution < 1.29 is 4.79 Å². The van der Waals surface area contributed by atoms with E-state index in [1.165, 1.54) is 0 Å². The third kappa shape index (κ3) is 2.90. The average molecular weight is 264 g/mol. The lowest BCUT2D eigenvalue weighted by Crippen LogP contribution is -2.33. The number of benzene rings is 1. The summed E-state index contributed by atoms with van der Waals surface area (Å²) in [6.07, 6.45) is 3.24. The van der Waals surface area contributed by atoms with Crippen LogP contribution in [0.5, 0.6) is 0 Å². The molecule has 5 heteroatoms. The number of rotatable bonds is 4. The van der Waals surface area contributed by atoms with Gasteiger partial charge in [0.05, 0.1) is 17.4 Å². The van der Waals surface area contributed by atoms with Crippen LogP contribution in [0.2, 0.25) is 0 Å². The van der Waals surface area contributed by atoms with E-state index in [1.807, 2.05) is 37.3 Å². The zero-order valence-corrected chi connectivity index (χ0v) is 10.8. The molecule has 2 aromatic rings. The number of aromatic nitrogens is 2. The minimum absolute atomic E-state index is 0.0563. The molecule has 0 radical (unpaired) electrons. The molecule has 0 aliphatic carbocycles. The molecule has 94 valence electrons. The Bertz CT molecular complexity index is 524. The van der Waals surface area contributed by atoms with Crippen molar-refractivity contribution in [1.29, 1.82) is 0 Å². The first-order valence-electron chi connectivity index (χ1n) is 5.67. The van der Waals surface area contributed by atoms with E-state index in [4.69, 9.17) is 11.6 Å². The number of halogens is 1. The first-order valence-corrected chi connectivity index (χ1v) is 6.21. The fraction of sp³-hybridized carbons (Fsp3) is 0.231. The van der Waals surface area contributed by atoms with Gasteiger partial charge in [-0.1, -0.05) is 18.2 Å². The fourth-order valence-corrected chi connectivity index (χ4v) is 1.58. The molecule has 4 nitrogen and oxygen atoms in total. The molecule has 0 saturated carbocycles. The molecule has 0 fully saturated rings. The molecule has 0 saturated heterocycles. The Morgan fingerprint density at radius 1 is 1.44 bits per heavy atom. The molecular formula is C13H14ClN3O. The number of nitrogens with zero attached hydrogens (tertiary/aromatic N) is 2. The van der Waals surface area contributed by atoms with Crippen LogP contribution in [0.1, 0.15) is 17.3 Å². The van der Waals surface area contributed by atoms with Crippen LogP contribution in [0, 0.1) is 0 Å². The molecule has 1 aromatic carbocycles. The minimum atomic E-state index is -0.162. The van der Waals surface area contributed by atoms with Gasteiger partial charge in [-0.25, -0.2) is 4.68 Å². The third-order valence-corrected chi connectivity index (χ3v) is 2.94. The normalized spacial score (nSPS) is 12.1. The lowest BCUT2D eigenvalue weighted by atomic mass is 10.3. The summed E-state index contributed by atoms with van der Waals surface area (Å²) in [5.41, 5.74) is 1.44. The smallest absolute Gasteiger partial charge is 0.254 e. The average Bonchev–Trinajstić information content (AvgIpc) is 2.89. The highest BCUT2D eigenvalue weighted by Gasteiger charge is 2.11. The van der Waals surface area contributed by atoms with Crippen molar-refractivity contribution in [3.05, 3.63) is 48.3 Å². The van der Waals surface area contributed by atoms with Crippen LogP contribution in [0.4, 0.5) is 0 Å². The molecule has 2 rings (SSSR count). The monoisotopic (exact) mass is 263 g/mol. The van der Waals surface area contributed by atoms with Gasteiger partial charge in [-0.05, 0) is 19.1 Å². The summed E-state index contributed by atoms with van der Waals surface area (Å²) >= 11 is 5.65. The Hall–Kier alpha value is -1.81. The van der Waals surface area contributed by atoms with Crippen LogP contribution in [-0.4, -0.2) is 27.6 Å². The van der Waals surface area contributed by atoms with E-state index in [0.717, 1.165) is 5.69 Å². The second-order valence-corrected chi connectivity index (χ2v) is 4.35. The number of carbonyl (C=O) groups excluding carboxylic acids is 1. The fourth-order valence-electron chi connectivity index (χ4n) is 1.51. The molecule has 18 heavy (non-hydrogen) atoms. The van der Waals surface area contributed by atoms with Gasteiger partial charge in [-0.15, -0.1) is 11.6 Å². The number of para-hydroxylation sites is 1. The summed E-state index contributed by atoms with van der Waals surface area (Å²) in [4.78, 5) is 11.8. The second-order valence-electron chi connectivity index (χ2n) is 4.04. The van der Waals surface area contributed by atoms with Gasteiger partial charge in [0.2, 0.25) is 0 Å². The van der Waals surface area contributed by atoms with Crippen molar-refractivity contribution in [2.24, 2.45) is 0 Å². The molecule has 1 heterocycles. The maximum absolute atomic E-state index is 11.8. The van der Waals surface area contributed by atoms with Crippen LogP contribution in [0.15, 0.2) is 42.7 Å². The zero-order valence-electron chi connectivity index (χ0n) is 10.0. The van der Waals surface area contributed by atoms with Crippen molar-refractivity contribution in [3.8, 4) is 5.69 Å². The molecule has 1 atom stereocenters. The number of alkyl halides is 1.